The lowest BCUT2D eigenvalue weighted by Crippen LogP contribution is -2.46. The van der Waals surface area contributed by atoms with Crippen LogP contribution in [-0.2, 0) is 4.74 Å². The molecule has 1 aliphatic rings. The quantitative estimate of drug-likeness (QED) is 0.658. The molecule has 1 N–H and O–H groups in total. The summed E-state index contributed by atoms with van der Waals surface area (Å²) in [6, 6.07) is 13.6. The lowest BCUT2D eigenvalue weighted by molar-refractivity contribution is -0.384. The molecule has 26 heavy (non-hydrogen) atoms. The molecule has 0 aliphatic carbocycles. The van der Waals surface area contributed by atoms with Crippen molar-refractivity contribution in [3.63, 3.8) is 0 Å². The van der Waals surface area contributed by atoms with Gasteiger partial charge < -0.3 is 10.1 Å². The van der Waals surface area contributed by atoms with Gasteiger partial charge in [0.2, 0.25) is 0 Å². The number of carbonyl (C=O) groups excluding carboxylic acids is 1. The number of nitrogens with one attached hydrogen (secondary N) is 1. The Balaban J connectivity index is 1.82. The number of non-ortho nitro benzene ring substituents is 1. The number of hydrogen-bond donors (Lipinski definition) is 1. The predicted molar refractivity (Wildman–Crippen MR) is 96.9 cm³/mol. The fraction of sp³-hybridized carbons (Fsp3) is 0.316. The zero-order valence-electron chi connectivity index (χ0n) is 14.6. The fourth-order valence-corrected chi connectivity index (χ4v) is 3.00. The first kappa shape index (κ1) is 18.0. The molecule has 0 bridgehead atoms. The van der Waals surface area contributed by atoms with Gasteiger partial charge in [-0.2, -0.15) is 0 Å². The number of ether oxygens (including phenoxy) is 1. The van der Waals surface area contributed by atoms with Crippen LogP contribution in [0, 0.1) is 17.0 Å². The van der Waals surface area contributed by atoms with Crippen molar-refractivity contribution in [1.29, 1.82) is 0 Å². The molecule has 1 atom stereocenters. The van der Waals surface area contributed by atoms with Crippen molar-refractivity contribution in [3.8, 4) is 0 Å². The van der Waals surface area contributed by atoms with Gasteiger partial charge in [0.25, 0.3) is 11.6 Å². The number of benzene rings is 2. The van der Waals surface area contributed by atoms with Gasteiger partial charge in [-0.1, -0.05) is 29.8 Å². The number of aryl methyl sites for hydroxylation is 1. The molecule has 1 amide bonds. The van der Waals surface area contributed by atoms with E-state index in [1.165, 1.54) is 24.3 Å². The first-order chi connectivity index (χ1) is 12.5. The highest BCUT2D eigenvalue weighted by atomic mass is 16.6. The maximum absolute atomic E-state index is 12.7. The van der Waals surface area contributed by atoms with E-state index in [1.54, 1.807) is 0 Å². The minimum atomic E-state index is -0.481. The number of nitro groups is 1. The van der Waals surface area contributed by atoms with Crippen LogP contribution in [0.4, 0.5) is 5.69 Å². The van der Waals surface area contributed by atoms with Gasteiger partial charge in [0.15, 0.2) is 0 Å². The van der Waals surface area contributed by atoms with Gasteiger partial charge in [0, 0.05) is 30.8 Å². The summed E-state index contributed by atoms with van der Waals surface area (Å²) in [4.78, 5) is 25.2. The second-order valence-corrected chi connectivity index (χ2v) is 6.24. The number of nitrogens with zero attached hydrogens (tertiary/aromatic N) is 2. The Morgan fingerprint density at radius 2 is 1.88 bits per heavy atom. The van der Waals surface area contributed by atoms with Crippen molar-refractivity contribution in [2.24, 2.45) is 0 Å². The summed E-state index contributed by atoms with van der Waals surface area (Å²) in [6.45, 7) is 4.70. The number of nitro benzene ring substituents is 1. The third-order valence-electron chi connectivity index (χ3n) is 4.38. The first-order valence-corrected chi connectivity index (χ1v) is 8.48. The molecule has 136 valence electrons. The van der Waals surface area contributed by atoms with Crippen LogP contribution in [0.15, 0.2) is 48.5 Å². The van der Waals surface area contributed by atoms with Crippen molar-refractivity contribution in [3.05, 3.63) is 75.3 Å². The van der Waals surface area contributed by atoms with Gasteiger partial charge in [-0.25, -0.2) is 0 Å². The monoisotopic (exact) mass is 355 g/mol. The van der Waals surface area contributed by atoms with Gasteiger partial charge in [-0.15, -0.1) is 0 Å². The van der Waals surface area contributed by atoms with Crippen molar-refractivity contribution in [2.75, 3.05) is 26.3 Å². The van der Waals surface area contributed by atoms with Crippen LogP contribution in [-0.4, -0.2) is 42.0 Å². The Bertz CT molecular complexity index is 786. The van der Waals surface area contributed by atoms with E-state index in [4.69, 9.17) is 4.74 Å². The molecule has 1 heterocycles. The lowest BCUT2D eigenvalue weighted by Gasteiger charge is -2.35. The number of rotatable bonds is 5. The molecular formula is C19H21N3O4. The molecule has 1 aliphatic heterocycles. The molecule has 1 unspecified atom stereocenters. The number of morpholine rings is 1. The third kappa shape index (κ3) is 4.25. The molecule has 3 rings (SSSR count). The molecular weight excluding hydrogens is 334 g/mol. The SMILES string of the molecule is Cc1cccc(C(NC(=O)c2ccc([N+](=O)[O-])cc2)N2CCOCC2)c1. The van der Waals surface area contributed by atoms with E-state index < -0.39 is 4.92 Å². The zero-order chi connectivity index (χ0) is 18.5. The molecule has 2 aromatic rings. The largest absolute Gasteiger partial charge is 0.379 e. The summed E-state index contributed by atoms with van der Waals surface area (Å²) in [5.41, 5.74) is 2.47. The Kier molecular flexibility index (Phi) is 5.60. The van der Waals surface area contributed by atoms with Gasteiger partial charge in [0.05, 0.1) is 18.1 Å². The van der Waals surface area contributed by atoms with Crippen LogP contribution in [0.3, 0.4) is 0 Å². The topological polar surface area (TPSA) is 84.7 Å². The Morgan fingerprint density at radius 3 is 2.50 bits per heavy atom. The Morgan fingerprint density at radius 1 is 1.19 bits per heavy atom. The average Bonchev–Trinajstić information content (AvgIpc) is 2.66. The molecule has 1 fully saturated rings. The average molecular weight is 355 g/mol. The normalized spacial score (nSPS) is 16.0. The highest BCUT2D eigenvalue weighted by Gasteiger charge is 2.25. The van der Waals surface area contributed by atoms with Crippen molar-refractivity contribution in [2.45, 2.75) is 13.1 Å². The van der Waals surface area contributed by atoms with Crippen molar-refractivity contribution < 1.29 is 14.5 Å². The first-order valence-electron chi connectivity index (χ1n) is 8.48. The van der Waals surface area contributed by atoms with Crippen LogP contribution < -0.4 is 5.32 Å². The maximum atomic E-state index is 12.7. The van der Waals surface area contributed by atoms with E-state index in [1.807, 2.05) is 25.1 Å². The third-order valence-corrected chi connectivity index (χ3v) is 4.38. The van der Waals surface area contributed by atoms with Gasteiger partial charge in [-0.3, -0.25) is 19.8 Å². The molecule has 0 aromatic heterocycles. The van der Waals surface area contributed by atoms with E-state index >= 15 is 0 Å². The van der Waals surface area contributed by atoms with E-state index in [9.17, 15) is 14.9 Å². The standard InChI is InChI=1S/C19H21N3O4/c1-14-3-2-4-16(13-14)18(21-9-11-26-12-10-21)20-19(23)15-5-7-17(8-6-15)22(24)25/h2-8,13,18H,9-12H2,1H3,(H,20,23). The van der Waals surface area contributed by atoms with E-state index in [2.05, 4.69) is 16.3 Å². The van der Waals surface area contributed by atoms with E-state index in [-0.39, 0.29) is 17.8 Å². The number of carbonyl (C=O) groups is 1. The second kappa shape index (κ2) is 8.07. The van der Waals surface area contributed by atoms with Crippen LogP contribution in [0.5, 0.6) is 0 Å². The molecule has 7 nitrogen and oxygen atoms in total. The summed E-state index contributed by atoms with van der Waals surface area (Å²) in [5, 5.41) is 13.8. The molecule has 2 aromatic carbocycles. The Labute approximate surface area is 151 Å². The minimum absolute atomic E-state index is 0.0371. The number of amides is 1. The van der Waals surface area contributed by atoms with Crippen LogP contribution in [0.2, 0.25) is 0 Å². The summed E-state index contributed by atoms with van der Waals surface area (Å²) < 4.78 is 5.42. The van der Waals surface area contributed by atoms with Gasteiger partial charge >= 0.3 is 0 Å². The van der Waals surface area contributed by atoms with E-state index in [0.29, 0.717) is 18.8 Å². The zero-order valence-corrected chi connectivity index (χ0v) is 14.6. The predicted octanol–water partition coefficient (Wildman–Crippen LogP) is 2.66. The lowest BCUT2D eigenvalue weighted by atomic mass is 10.1. The van der Waals surface area contributed by atoms with Crippen LogP contribution in [0.25, 0.3) is 0 Å². The molecule has 0 saturated carbocycles. The minimum Gasteiger partial charge on any atom is -0.379 e. The molecule has 0 spiro atoms. The second-order valence-electron chi connectivity index (χ2n) is 6.24. The van der Waals surface area contributed by atoms with Crippen LogP contribution >= 0.6 is 0 Å². The Hall–Kier alpha value is -2.77. The summed E-state index contributed by atoms with van der Waals surface area (Å²) in [5.74, 6) is -0.266. The summed E-state index contributed by atoms with van der Waals surface area (Å²) in [6.07, 6.45) is -0.276. The fourth-order valence-electron chi connectivity index (χ4n) is 3.00. The van der Waals surface area contributed by atoms with Crippen molar-refractivity contribution in [1.82, 2.24) is 10.2 Å². The van der Waals surface area contributed by atoms with Gasteiger partial charge in [-0.05, 0) is 24.6 Å². The molecule has 7 heteroatoms. The highest BCUT2D eigenvalue weighted by Crippen LogP contribution is 2.21. The number of hydrogen-bond acceptors (Lipinski definition) is 5. The summed E-state index contributed by atoms with van der Waals surface area (Å²) >= 11 is 0. The van der Waals surface area contributed by atoms with Crippen LogP contribution in [0.1, 0.15) is 27.7 Å². The maximum Gasteiger partial charge on any atom is 0.269 e. The summed E-state index contributed by atoms with van der Waals surface area (Å²) in [7, 11) is 0. The smallest absolute Gasteiger partial charge is 0.269 e. The van der Waals surface area contributed by atoms with Gasteiger partial charge in [0.1, 0.15) is 6.17 Å². The van der Waals surface area contributed by atoms with Crippen molar-refractivity contribution >= 4 is 11.6 Å². The highest BCUT2D eigenvalue weighted by molar-refractivity contribution is 5.94. The molecule has 1 saturated heterocycles. The molecule has 0 radical (unpaired) electrons. The van der Waals surface area contributed by atoms with E-state index in [0.717, 1.165) is 24.2 Å².